The fraction of sp³-hybridized carbons (Fsp3) is 0.467. The van der Waals surface area contributed by atoms with E-state index in [0.717, 1.165) is 31.0 Å². The van der Waals surface area contributed by atoms with Gasteiger partial charge in [-0.25, -0.2) is 0 Å². The van der Waals surface area contributed by atoms with Crippen LogP contribution in [0, 0.1) is 6.92 Å². The van der Waals surface area contributed by atoms with Gasteiger partial charge in [-0.2, -0.15) is 0 Å². The normalized spacial score (nSPS) is 11.6. The van der Waals surface area contributed by atoms with E-state index in [1.807, 2.05) is 19.1 Å². The molecule has 0 aliphatic rings. The van der Waals surface area contributed by atoms with Crippen LogP contribution in [0.2, 0.25) is 0 Å². The Bertz CT molecular complexity index is 502. The van der Waals surface area contributed by atoms with E-state index in [4.69, 9.17) is 4.42 Å². The average Bonchev–Trinajstić information content (AvgIpc) is 2.65. The lowest BCUT2D eigenvalue weighted by molar-refractivity contribution is 0.394. The largest absolute Gasteiger partial charge is 0.461 e. The second-order valence-corrected chi connectivity index (χ2v) is 4.97. The fourth-order valence-electron chi connectivity index (χ4n) is 2.17. The van der Waals surface area contributed by atoms with Crippen molar-refractivity contribution in [3.63, 3.8) is 0 Å². The summed E-state index contributed by atoms with van der Waals surface area (Å²) in [6.07, 6.45) is 1.17. The zero-order valence-corrected chi connectivity index (χ0v) is 11.5. The summed E-state index contributed by atoms with van der Waals surface area (Å²) in [4.78, 5) is 2.21. The molecule has 0 saturated carbocycles. The van der Waals surface area contributed by atoms with E-state index in [1.165, 1.54) is 17.4 Å². The van der Waals surface area contributed by atoms with E-state index < -0.39 is 0 Å². The predicted molar refractivity (Wildman–Crippen MR) is 75.8 cm³/mol. The van der Waals surface area contributed by atoms with Gasteiger partial charge in [-0.1, -0.05) is 18.2 Å². The number of aryl methyl sites for hydroxylation is 1. The van der Waals surface area contributed by atoms with E-state index in [0.29, 0.717) is 0 Å². The second-order valence-electron chi connectivity index (χ2n) is 4.97. The van der Waals surface area contributed by atoms with Crippen LogP contribution < -0.4 is 5.32 Å². The Morgan fingerprint density at radius 3 is 2.78 bits per heavy atom. The number of furan rings is 1. The summed E-state index contributed by atoms with van der Waals surface area (Å²) in [6.45, 7) is 5.09. The molecule has 18 heavy (non-hydrogen) atoms. The zero-order chi connectivity index (χ0) is 13.0. The average molecular weight is 246 g/mol. The number of para-hydroxylation sites is 1. The molecule has 0 unspecified atom stereocenters. The minimum atomic E-state index is 0.885. The van der Waals surface area contributed by atoms with Crippen molar-refractivity contribution in [1.29, 1.82) is 0 Å². The van der Waals surface area contributed by atoms with Crippen molar-refractivity contribution in [3.05, 3.63) is 35.6 Å². The fourth-order valence-corrected chi connectivity index (χ4v) is 2.17. The van der Waals surface area contributed by atoms with E-state index in [-0.39, 0.29) is 0 Å². The molecule has 0 saturated heterocycles. The number of hydrogen-bond donors (Lipinski definition) is 1. The van der Waals surface area contributed by atoms with Crippen LogP contribution in [0.4, 0.5) is 0 Å². The molecular formula is C15H22N2O. The molecular weight excluding hydrogens is 224 g/mol. The topological polar surface area (TPSA) is 28.4 Å². The molecule has 1 aromatic heterocycles. The first kappa shape index (κ1) is 13.1. The first-order valence-electron chi connectivity index (χ1n) is 6.51. The van der Waals surface area contributed by atoms with E-state index in [2.05, 4.69) is 36.4 Å². The van der Waals surface area contributed by atoms with Crippen LogP contribution in [0.25, 0.3) is 11.0 Å². The Morgan fingerprint density at radius 1 is 1.22 bits per heavy atom. The Morgan fingerprint density at radius 2 is 2.00 bits per heavy atom. The molecule has 0 spiro atoms. The smallest absolute Gasteiger partial charge is 0.134 e. The van der Waals surface area contributed by atoms with Crippen molar-refractivity contribution in [2.24, 2.45) is 0 Å². The maximum Gasteiger partial charge on any atom is 0.134 e. The highest BCUT2D eigenvalue weighted by Gasteiger charge is 2.09. The van der Waals surface area contributed by atoms with Gasteiger partial charge in [-0.15, -0.1) is 0 Å². The highest BCUT2D eigenvalue weighted by Crippen LogP contribution is 2.24. The number of hydrogen-bond acceptors (Lipinski definition) is 3. The lowest BCUT2D eigenvalue weighted by Gasteiger charge is -2.09. The van der Waals surface area contributed by atoms with E-state index in [9.17, 15) is 0 Å². The van der Waals surface area contributed by atoms with Crippen LogP contribution in [-0.2, 0) is 6.54 Å². The molecule has 1 aromatic carbocycles. The number of rotatable bonds is 6. The SMILES string of the molecule is Cc1oc2ccccc2c1CNCCCN(C)C. The number of nitrogens with zero attached hydrogens (tertiary/aromatic N) is 1. The van der Waals surface area contributed by atoms with Gasteiger partial charge < -0.3 is 14.6 Å². The van der Waals surface area contributed by atoms with Crippen LogP contribution in [0.5, 0.6) is 0 Å². The second kappa shape index (κ2) is 6.03. The minimum absolute atomic E-state index is 0.885. The standard InChI is InChI=1S/C15H22N2O/c1-12-14(11-16-9-6-10-17(2)3)13-7-4-5-8-15(13)18-12/h4-5,7-8,16H,6,9-11H2,1-3H3. The van der Waals surface area contributed by atoms with Gasteiger partial charge in [-0.3, -0.25) is 0 Å². The van der Waals surface area contributed by atoms with Crippen molar-refractivity contribution in [3.8, 4) is 0 Å². The molecule has 0 amide bonds. The third-order valence-electron chi connectivity index (χ3n) is 3.16. The van der Waals surface area contributed by atoms with Gasteiger partial charge in [-0.05, 0) is 46.6 Å². The maximum absolute atomic E-state index is 5.75. The monoisotopic (exact) mass is 246 g/mol. The first-order chi connectivity index (χ1) is 8.68. The quantitative estimate of drug-likeness (QED) is 0.794. The number of benzene rings is 1. The van der Waals surface area contributed by atoms with Crippen LogP contribution in [-0.4, -0.2) is 32.1 Å². The van der Waals surface area contributed by atoms with Crippen LogP contribution in [0.1, 0.15) is 17.7 Å². The summed E-state index contributed by atoms with van der Waals surface area (Å²) < 4.78 is 5.75. The Kier molecular flexibility index (Phi) is 4.39. The van der Waals surface area contributed by atoms with Crippen LogP contribution in [0.15, 0.2) is 28.7 Å². The molecule has 1 N–H and O–H groups in total. The van der Waals surface area contributed by atoms with Gasteiger partial charge in [0.05, 0.1) is 0 Å². The summed E-state index contributed by atoms with van der Waals surface area (Å²) in [5, 5.41) is 4.72. The van der Waals surface area contributed by atoms with Crippen LogP contribution in [0.3, 0.4) is 0 Å². The van der Waals surface area contributed by atoms with Crippen molar-refractivity contribution in [1.82, 2.24) is 10.2 Å². The summed E-state index contributed by atoms with van der Waals surface area (Å²) in [7, 11) is 4.21. The molecule has 0 fully saturated rings. The molecule has 0 aliphatic heterocycles. The van der Waals surface area contributed by atoms with E-state index >= 15 is 0 Å². The predicted octanol–water partition coefficient (Wildman–Crippen LogP) is 2.78. The first-order valence-corrected chi connectivity index (χ1v) is 6.51. The maximum atomic E-state index is 5.75. The van der Waals surface area contributed by atoms with Crippen molar-refractivity contribution in [2.45, 2.75) is 19.9 Å². The summed E-state index contributed by atoms with van der Waals surface area (Å²) in [6, 6.07) is 8.23. The highest BCUT2D eigenvalue weighted by atomic mass is 16.3. The van der Waals surface area contributed by atoms with Gasteiger partial charge in [0.15, 0.2) is 0 Å². The molecule has 2 aromatic rings. The van der Waals surface area contributed by atoms with Gasteiger partial charge in [0.2, 0.25) is 0 Å². The zero-order valence-electron chi connectivity index (χ0n) is 11.5. The molecule has 0 bridgehead atoms. The molecule has 1 heterocycles. The third kappa shape index (κ3) is 3.12. The lowest BCUT2D eigenvalue weighted by atomic mass is 10.1. The van der Waals surface area contributed by atoms with Gasteiger partial charge >= 0.3 is 0 Å². The minimum Gasteiger partial charge on any atom is -0.461 e. The molecule has 0 aliphatic carbocycles. The van der Waals surface area contributed by atoms with Crippen LogP contribution >= 0.6 is 0 Å². The Labute approximate surface area is 109 Å². The molecule has 3 nitrogen and oxygen atoms in total. The van der Waals surface area contributed by atoms with Crippen molar-refractivity contribution < 1.29 is 4.42 Å². The molecule has 98 valence electrons. The summed E-state index contributed by atoms with van der Waals surface area (Å²) in [5.41, 5.74) is 2.27. The summed E-state index contributed by atoms with van der Waals surface area (Å²) in [5.74, 6) is 1.02. The molecule has 3 heteroatoms. The highest BCUT2D eigenvalue weighted by molar-refractivity contribution is 5.82. The Hall–Kier alpha value is -1.32. The molecule has 0 atom stereocenters. The third-order valence-corrected chi connectivity index (χ3v) is 3.16. The van der Waals surface area contributed by atoms with Gasteiger partial charge in [0.25, 0.3) is 0 Å². The van der Waals surface area contributed by atoms with Gasteiger partial charge in [0.1, 0.15) is 11.3 Å². The van der Waals surface area contributed by atoms with E-state index in [1.54, 1.807) is 0 Å². The molecule has 2 rings (SSSR count). The number of fused-ring (bicyclic) bond motifs is 1. The lowest BCUT2D eigenvalue weighted by Crippen LogP contribution is -2.21. The van der Waals surface area contributed by atoms with Crippen molar-refractivity contribution >= 4 is 11.0 Å². The Balaban J connectivity index is 1.93. The molecule has 0 radical (unpaired) electrons. The van der Waals surface area contributed by atoms with Gasteiger partial charge in [0, 0.05) is 17.5 Å². The number of nitrogens with one attached hydrogen (secondary N) is 1. The van der Waals surface area contributed by atoms with Crippen molar-refractivity contribution in [2.75, 3.05) is 27.2 Å². The summed E-state index contributed by atoms with van der Waals surface area (Å²) >= 11 is 0.